The molecule has 0 bridgehead atoms. The van der Waals surface area contributed by atoms with Gasteiger partial charge in [-0.15, -0.1) is 11.3 Å². The standard InChI is InChI=1S/C21H18N2O2S/c22-18-12-16(19-13-26-14-23-19)8-9-21(18)25-11-10-24-20-7-3-5-15-4-1-2-6-17(15)20/h1-9,12-14H,10-11,22H2. The van der Waals surface area contributed by atoms with Gasteiger partial charge in [-0.1, -0.05) is 36.4 Å². The van der Waals surface area contributed by atoms with Crippen molar-refractivity contribution >= 4 is 27.8 Å². The lowest BCUT2D eigenvalue weighted by Crippen LogP contribution is -2.10. The summed E-state index contributed by atoms with van der Waals surface area (Å²) in [5.74, 6) is 1.52. The van der Waals surface area contributed by atoms with E-state index in [0.29, 0.717) is 24.7 Å². The molecule has 0 spiro atoms. The molecule has 1 heterocycles. The van der Waals surface area contributed by atoms with Gasteiger partial charge in [0.15, 0.2) is 0 Å². The number of thiazole rings is 1. The quantitative estimate of drug-likeness (QED) is 0.387. The number of ether oxygens (including phenoxy) is 2. The molecule has 0 aliphatic heterocycles. The van der Waals surface area contributed by atoms with E-state index in [1.807, 2.05) is 47.8 Å². The highest BCUT2D eigenvalue weighted by atomic mass is 32.1. The minimum absolute atomic E-state index is 0.420. The van der Waals surface area contributed by atoms with Gasteiger partial charge >= 0.3 is 0 Å². The number of nitrogen functional groups attached to an aromatic ring is 1. The second-order valence-electron chi connectivity index (χ2n) is 5.80. The van der Waals surface area contributed by atoms with E-state index < -0.39 is 0 Å². The zero-order valence-corrected chi connectivity index (χ0v) is 14.9. The normalized spacial score (nSPS) is 10.8. The summed E-state index contributed by atoms with van der Waals surface area (Å²) in [5, 5.41) is 4.25. The van der Waals surface area contributed by atoms with Gasteiger partial charge in [0.1, 0.15) is 24.7 Å². The lowest BCUT2D eigenvalue weighted by Gasteiger charge is -2.12. The van der Waals surface area contributed by atoms with Gasteiger partial charge in [-0.2, -0.15) is 0 Å². The van der Waals surface area contributed by atoms with Crippen LogP contribution in [-0.4, -0.2) is 18.2 Å². The Kier molecular flexibility index (Phi) is 4.71. The lowest BCUT2D eigenvalue weighted by atomic mass is 10.1. The summed E-state index contributed by atoms with van der Waals surface area (Å²) in [6.07, 6.45) is 0. The van der Waals surface area contributed by atoms with Crippen molar-refractivity contribution in [2.75, 3.05) is 18.9 Å². The third-order valence-electron chi connectivity index (χ3n) is 4.09. The van der Waals surface area contributed by atoms with Crippen LogP contribution in [0.15, 0.2) is 71.6 Å². The van der Waals surface area contributed by atoms with Crippen LogP contribution < -0.4 is 15.2 Å². The van der Waals surface area contributed by atoms with E-state index in [-0.39, 0.29) is 0 Å². The van der Waals surface area contributed by atoms with Crippen molar-refractivity contribution in [1.82, 2.24) is 4.98 Å². The Balaban J connectivity index is 1.37. The smallest absolute Gasteiger partial charge is 0.142 e. The number of hydrogen-bond acceptors (Lipinski definition) is 5. The first kappa shape index (κ1) is 16.4. The van der Waals surface area contributed by atoms with Crippen molar-refractivity contribution in [3.63, 3.8) is 0 Å². The van der Waals surface area contributed by atoms with Crippen LogP contribution in [0.4, 0.5) is 5.69 Å². The lowest BCUT2D eigenvalue weighted by molar-refractivity contribution is 0.219. The van der Waals surface area contributed by atoms with Gasteiger partial charge in [0.2, 0.25) is 0 Å². The van der Waals surface area contributed by atoms with Gasteiger partial charge in [0.05, 0.1) is 16.9 Å². The molecule has 0 amide bonds. The number of anilines is 1. The highest BCUT2D eigenvalue weighted by Crippen LogP contribution is 2.29. The molecule has 0 saturated carbocycles. The van der Waals surface area contributed by atoms with Crippen LogP contribution in [0, 0.1) is 0 Å². The van der Waals surface area contributed by atoms with Crippen molar-refractivity contribution in [3.05, 3.63) is 71.6 Å². The van der Waals surface area contributed by atoms with E-state index in [9.17, 15) is 0 Å². The molecule has 3 aromatic carbocycles. The third-order valence-corrected chi connectivity index (χ3v) is 4.67. The predicted molar refractivity (Wildman–Crippen MR) is 107 cm³/mol. The summed E-state index contributed by atoms with van der Waals surface area (Å²) in [7, 11) is 0. The minimum Gasteiger partial charge on any atom is -0.489 e. The average Bonchev–Trinajstić information content (AvgIpc) is 3.21. The Morgan fingerprint density at radius 2 is 1.69 bits per heavy atom. The molecule has 4 rings (SSSR count). The zero-order chi connectivity index (χ0) is 17.8. The molecule has 5 heteroatoms. The first-order valence-electron chi connectivity index (χ1n) is 8.33. The van der Waals surface area contributed by atoms with Crippen LogP contribution in [0.2, 0.25) is 0 Å². The maximum Gasteiger partial charge on any atom is 0.142 e. The van der Waals surface area contributed by atoms with Gasteiger partial charge in [-0.05, 0) is 29.7 Å². The number of nitrogens with zero attached hydrogens (tertiary/aromatic N) is 1. The van der Waals surface area contributed by atoms with E-state index >= 15 is 0 Å². The number of hydrogen-bond donors (Lipinski definition) is 1. The molecule has 2 N–H and O–H groups in total. The van der Waals surface area contributed by atoms with Crippen molar-refractivity contribution in [3.8, 4) is 22.8 Å². The van der Waals surface area contributed by atoms with Crippen molar-refractivity contribution in [2.24, 2.45) is 0 Å². The van der Waals surface area contributed by atoms with Gasteiger partial charge in [0, 0.05) is 16.3 Å². The van der Waals surface area contributed by atoms with Gasteiger partial charge < -0.3 is 15.2 Å². The Labute approximate surface area is 155 Å². The Hall–Kier alpha value is -3.05. The second-order valence-corrected chi connectivity index (χ2v) is 6.52. The van der Waals surface area contributed by atoms with E-state index in [1.54, 1.807) is 16.8 Å². The number of benzene rings is 3. The summed E-state index contributed by atoms with van der Waals surface area (Å²) < 4.78 is 11.7. The topological polar surface area (TPSA) is 57.4 Å². The number of aromatic nitrogens is 1. The van der Waals surface area contributed by atoms with E-state index in [1.165, 1.54) is 0 Å². The third kappa shape index (κ3) is 3.48. The molecule has 0 aliphatic rings. The van der Waals surface area contributed by atoms with Gasteiger partial charge in [-0.25, -0.2) is 4.98 Å². The summed E-state index contributed by atoms with van der Waals surface area (Å²) in [5.41, 5.74) is 10.4. The highest BCUT2D eigenvalue weighted by molar-refractivity contribution is 7.07. The summed E-state index contributed by atoms with van der Waals surface area (Å²) in [4.78, 5) is 4.29. The van der Waals surface area contributed by atoms with Crippen LogP contribution in [0.5, 0.6) is 11.5 Å². The number of rotatable bonds is 6. The minimum atomic E-state index is 0.420. The maximum absolute atomic E-state index is 6.11. The van der Waals surface area contributed by atoms with E-state index in [4.69, 9.17) is 15.2 Å². The van der Waals surface area contributed by atoms with Crippen molar-refractivity contribution < 1.29 is 9.47 Å². The molecule has 4 aromatic rings. The van der Waals surface area contributed by atoms with Crippen LogP contribution in [0.1, 0.15) is 0 Å². The first-order valence-corrected chi connectivity index (χ1v) is 9.27. The number of nitrogens with two attached hydrogens (primary N) is 1. The molecule has 0 unspecified atom stereocenters. The van der Waals surface area contributed by atoms with Crippen LogP contribution in [0.25, 0.3) is 22.0 Å². The average molecular weight is 362 g/mol. The zero-order valence-electron chi connectivity index (χ0n) is 14.1. The maximum atomic E-state index is 6.11. The molecule has 0 aliphatic carbocycles. The summed E-state index contributed by atoms with van der Waals surface area (Å²) in [6.45, 7) is 0.866. The first-order chi connectivity index (χ1) is 12.8. The molecule has 0 saturated heterocycles. The molecule has 26 heavy (non-hydrogen) atoms. The Morgan fingerprint density at radius 1 is 0.885 bits per heavy atom. The molecular formula is C21H18N2O2S. The molecule has 0 radical (unpaired) electrons. The fourth-order valence-corrected chi connectivity index (χ4v) is 3.38. The Bertz CT molecular complexity index is 1010. The molecule has 1 aromatic heterocycles. The van der Waals surface area contributed by atoms with Crippen LogP contribution in [-0.2, 0) is 0 Å². The summed E-state index contributed by atoms with van der Waals surface area (Å²) >= 11 is 1.56. The molecule has 130 valence electrons. The van der Waals surface area contributed by atoms with Crippen molar-refractivity contribution in [1.29, 1.82) is 0 Å². The van der Waals surface area contributed by atoms with E-state index in [0.717, 1.165) is 27.8 Å². The molecular weight excluding hydrogens is 344 g/mol. The SMILES string of the molecule is Nc1cc(-c2cscn2)ccc1OCCOc1cccc2ccccc12. The van der Waals surface area contributed by atoms with Crippen LogP contribution in [0.3, 0.4) is 0 Å². The number of fused-ring (bicyclic) bond motifs is 1. The highest BCUT2D eigenvalue weighted by Gasteiger charge is 2.06. The van der Waals surface area contributed by atoms with Gasteiger partial charge in [0.25, 0.3) is 0 Å². The molecule has 4 nitrogen and oxygen atoms in total. The summed E-state index contributed by atoms with van der Waals surface area (Å²) in [6, 6.07) is 19.9. The largest absolute Gasteiger partial charge is 0.489 e. The van der Waals surface area contributed by atoms with Crippen LogP contribution >= 0.6 is 11.3 Å². The Morgan fingerprint density at radius 3 is 2.50 bits per heavy atom. The van der Waals surface area contributed by atoms with Crippen molar-refractivity contribution in [2.45, 2.75) is 0 Å². The second kappa shape index (κ2) is 7.45. The fraction of sp³-hybridized carbons (Fsp3) is 0.0952. The molecule has 0 fully saturated rings. The predicted octanol–water partition coefficient (Wildman–Crippen LogP) is 5.00. The van der Waals surface area contributed by atoms with Gasteiger partial charge in [-0.3, -0.25) is 0 Å². The molecule has 0 atom stereocenters. The fourth-order valence-electron chi connectivity index (χ4n) is 2.82. The monoisotopic (exact) mass is 362 g/mol. The van der Waals surface area contributed by atoms with E-state index in [2.05, 4.69) is 23.2 Å².